The van der Waals surface area contributed by atoms with Crippen LogP contribution in [0.15, 0.2) is 0 Å². The molecule has 0 spiro atoms. The lowest BCUT2D eigenvalue weighted by molar-refractivity contribution is -0.154. The molecule has 1 atom stereocenters. The number of hydrogen-bond donors (Lipinski definition) is 1. The van der Waals surface area contributed by atoms with Crippen LogP contribution in [0.2, 0.25) is 0 Å². The summed E-state index contributed by atoms with van der Waals surface area (Å²) >= 11 is 0. The fourth-order valence-electron chi connectivity index (χ4n) is 1.53. The third-order valence-electron chi connectivity index (χ3n) is 2.41. The zero-order chi connectivity index (χ0) is 11.8. The van der Waals surface area contributed by atoms with E-state index in [1.54, 1.807) is 0 Å². The Morgan fingerprint density at radius 2 is 2.00 bits per heavy atom. The highest BCUT2D eigenvalue weighted by molar-refractivity contribution is 5.99. The molecule has 1 unspecified atom stereocenters. The van der Waals surface area contributed by atoms with E-state index in [2.05, 4.69) is 5.32 Å². The van der Waals surface area contributed by atoms with Gasteiger partial charge >= 0.3 is 0 Å². The molecule has 0 aromatic rings. The van der Waals surface area contributed by atoms with E-state index < -0.39 is 36.4 Å². The van der Waals surface area contributed by atoms with Crippen molar-refractivity contribution in [3.63, 3.8) is 0 Å². The Hall–Kier alpha value is -1.20. The molecule has 1 fully saturated rings. The number of halogens is 2. The van der Waals surface area contributed by atoms with Crippen molar-refractivity contribution in [2.45, 2.75) is 38.8 Å². The molecule has 0 aromatic carbocycles. The van der Waals surface area contributed by atoms with Crippen LogP contribution in [0.5, 0.6) is 0 Å². The molecular formula is C9H14F2N2O2. The summed E-state index contributed by atoms with van der Waals surface area (Å²) in [6, 6.07) is -0.834. The van der Waals surface area contributed by atoms with Gasteiger partial charge in [-0.3, -0.25) is 9.59 Å². The molecule has 1 aliphatic heterocycles. The average molecular weight is 220 g/mol. The van der Waals surface area contributed by atoms with Gasteiger partial charge in [-0.15, -0.1) is 0 Å². The van der Waals surface area contributed by atoms with Crippen molar-refractivity contribution in [2.24, 2.45) is 0 Å². The third-order valence-corrected chi connectivity index (χ3v) is 2.41. The monoisotopic (exact) mass is 220 g/mol. The summed E-state index contributed by atoms with van der Waals surface area (Å²) in [5.41, 5.74) is -1.10. The van der Waals surface area contributed by atoms with Gasteiger partial charge in [-0.2, -0.15) is 0 Å². The van der Waals surface area contributed by atoms with Gasteiger partial charge in [-0.25, -0.2) is 8.78 Å². The maximum atomic E-state index is 12.2. The first kappa shape index (κ1) is 11.9. The molecule has 1 aliphatic rings. The van der Waals surface area contributed by atoms with E-state index in [1.807, 2.05) is 0 Å². The van der Waals surface area contributed by atoms with Gasteiger partial charge in [0.25, 0.3) is 6.43 Å². The minimum absolute atomic E-state index is 0.403. The highest BCUT2D eigenvalue weighted by atomic mass is 19.3. The van der Waals surface area contributed by atoms with Gasteiger partial charge < -0.3 is 10.2 Å². The van der Waals surface area contributed by atoms with Gasteiger partial charge in [0, 0.05) is 0 Å². The number of nitrogens with zero attached hydrogens (tertiary/aromatic N) is 1. The Balaban J connectivity index is 2.90. The molecule has 2 amide bonds. The molecule has 86 valence electrons. The van der Waals surface area contributed by atoms with Crippen LogP contribution in [0.1, 0.15) is 20.8 Å². The van der Waals surface area contributed by atoms with E-state index in [0.29, 0.717) is 0 Å². The number of carbonyl (C=O) groups excluding carboxylic acids is 2. The van der Waals surface area contributed by atoms with E-state index in [0.717, 1.165) is 4.90 Å². The summed E-state index contributed by atoms with van der Waals surface area (Å²) in [5.74, 6) is -0.879. The Labute approximate surface area is 86.6 Å². The van der Waals surface area contributed by atoms with Gasteiger partial charge in [-0.1, -0.05) is 0 Å². The maximum Gasteiger partial charge on any atom is 0.255 e. The number of rotatable bonds is 2. The molecule has 0 bridgehead atoms. The molecule has 1 heterocycles. The molecule has 1 rings (SSSR count). The molecule has 1 N–H and O–H groups in total. The maximum absolute atomic E-state index is 12.2. The van der Waals surface area contributed by atoms with Gasteiger partial charge in [0.2, 0.25) is 11.8 Å². The van der Waals surface area contributed by atoms with Crippen molar-refractivity contribution in [2.75, 3.05) is 6.54 Å². The summed E-state index contributed by atoms with van der Waals surface area (Å²) in [6.45, 7) is 3.73. The lowest BCUT2D eigenvalue weighted by Crippen LogP contribution is -2.67. The number of alkyl halides is 2. The highest BCUT2D eigenvalue weighted by Crippen LogP contribution is 2.18. The second-order valence-electron chi connectivity index (χ2n) is 4.14. The number of piperazine rings is 1. The third kappa shape index (κ3) is 2.24. The molecule has 15 heavy (non-hydrogen) atoms. The van der Waals surface area contributed by atoms with Crippen LogP contribution in [-0.4, -0.2) is 41.3 Å². The Kier molecular flexibility index (Phi) is 2.97. The van der Waals surface area contributed by atoms with E-state index in [-0.39, 0.29) is 0 Å². The standard InChI is InChI=1S/C9H14F2N2O2/c1-5-7(14)12-9(2,3)8(15)13(5)4-6(10)11/h5-6H,4H2,1-3H3,(H,12,14). The predicted molar refractivity (Wildman–Crippen MR) is 49.4 cm³/mol. The number of carbonyl (C=O) groups is 2. The lowest BCUT2D eigenvalue weighted by Gasteiger charge is -2.41. The predicted octanol–water partition coefficient (Wildman–Crippen LogP) is 0.377. The van der Waals surface area contributed by atoms with E-state index >= 15 is 0 Å². The second-order valence-corrected chi connectivity index (χ2v) is 4.14. The van der Waals surface area contributed by atoms with Crippen LogP contribution in [0.4, 0.5) is 8.78 Å². The quantitative estimate of drug-likeness (QED) is 0.731. The first-order chi connectivity index (χ1) is 6.75. The van der Waals surface area contributed by atoms with Crippen molar-refractivity contribution in [3.05, 3.63) is 0 Å². The van der Waals surface area contributed by atoms with Crippen molar-refractivity contribution in [1.29, 1.82) is 0 Å². The van der Waals surface area contributed by atoms with Gasteiger partial charge in [0.1, 0.15) is 11.6 Å². The van der Waals surface area contributed by atoms with Crippen LogP contribution in [-0.2, 0) is 9.59 Å². The number of amides is 2. The summed E-state index contributed by atoms with van der Waals surface area (Å²) in [6.07, 6.45) is -2.63. The largest absolute Gasteiger partial charge is 0.340 e. The van der Waals surface area contributed by atoms with E-state index in [4.69, 9.17) is 0 Å². The smallest absolute Gasteiger partial charge is 0.255 e. The Morgan fingerprint density at radius 3 is 2.47 bits per heavy atom. The van der Waals surface area contributed by atoms with Gasteiger partial charge in [-0.05, 0) is 20.8 Å². The SMILES string of the molecule is CC1C(=O)NC(C)(C)C(=O)N1CC(F)F. The second kappa shape index (κ2) is 3.75. The lowest BCUT2D eigenvalue weighted by atomic mass is 9.97. The number of nitrogens with one attached hydrogen (secondary N) is 1. The van der Waals surface area contributed by atoms with Gasteiger partial charge in [0.15, 0.2) is 0 Å². The molecule has 4 nitrogen and oxygen atoms in total. The van der Waals surface area contributed by atoms with Crippen molar-refractivity contribution in [1.82, 2.24) is 10.2 Å². The van der Waals surface area contributed by atoms with Crippen LogP contribution >= 0.6 is 0 Å². The average Bonchev–Trinajstić information content (AvgIpc) is 2.08. The molecule has 0 aliphatic carbocycles. The zero-order valence-corrected chi connectivity index (χ0v) is 8.88. The number of hydrogen-bond acceptors (Lipinski definition) is 2. The van der Waals surface area contributed by atoms with Crippen LogP contribution < -0.4 is 5.32 Å². The minimum Gasteiger partial charge on any atom is -0.340 e. The summed E-state index contributed by atoms with van der Waals surface area (Å²) in [4.78, 5) is 24.0. The molecule has 6 heteroatoms. The topological polar surface area (TPSA) is 49.4 Å². The van der Waals surface area contributed by atoms with E-state index in [9.17, 15) is 18.4 Å². The van der Waals surface area contributed by atoms with Crippen LogP contribution in [0.3, 0.4) is 0 Å². The van der Waals surface area contributed by atoms with Crippen LogP contribution in [0, 0.1) is 0 Å². The van der Waals surface area contributed by atoms with E-state index in [1.165, 1.54) is 20.8 Å². The molecule has 0 aromatic heterocycles. The van der Waals surface area contributed by atoms with Gasteiger partial charge in [0.05, 0.1) is 6.54 Å². The fraction of sp³-hybridized carbons (Fsp3) is 0.778. The summed E-state index contributed by atoms with van der Waals surface area (Å²) in [5, 5.41) is 2.48. The zero-order valence-electron chi connectivity index (χ0n) is 8.88. The molecular weight excluding hydrogens is 206 g/mol. The first-order valence-electron chi connectivity index (χ1n) is 4.67. The first-order valence-corrected chi connectivity index (χ1v) is 4.67. The fourth-order valence-corrected chi connectivity index (χ4v) is 1.53. The minimum atomic E-state index is -2.63. The van der Waals surface area contributed by atoms with Crippen LogP contribution in [0.25, 0.3) is 0 Å². The highest BCUT2D eigenvalue weighted by Gasteiger charge is 2.43. The van der Waals surface area contributed by atoms with Crippen molar-refractivity contribution >= 4 is 11.8 Å². The summed E-state index contributed by atoms with van der Waals surface area (Å²) in [7, 11) is 0. The normalized spacial score (nSPS) is 25.7. The summed E-state index contributed by atoms with van der Waals surface area (Å²) < 4.78 is 24.4. The molecule has 0 saturated carbocycles. The molecule has 0 radical (unpaired) electrons. The molecule has 1 saturated heterocycles. The van der Waals surface area contributed by atoms with Crippen molar-refractivity contribution in [3.8, 4) is 0 Å². The Bertz CT molecular complexity index is 292. The van der Waals surface area contributed by atoms with Crippen molar-refractivity contribution < 1.29 is 18.4 Å². The Morgan fingerprint density at radius 1 is 1.47 bits per heavy atom.